The fourth-order valence-electron chi connectivity index (χ4n) is 2.37. The van der Waals surface area contributed by atoms with Crippen LogP contribution in [0.5, 0.6) is 0 Å². The fourth-order valence-corrected chi connectivity index (χ4v) is 2.37. The standard InChI is InChI=1S/C15H17F3NO/c16-15(17,18)14-9-5-4-8-13(14)11-20-19-10-12-6-2-1-3-7-12/h4-5,8-9,12H,1-3,6-7,11H2. The van der Waals surface area contributed by atoms with Gasteiger partial charge in [-0.25, -0.2) is 0 Å². The first-order chi connectivity index (χ1) is 9.57. The number of nitrogens with zero attached hydrogens (tertiary/aromatic N) is 1. The van der Waals surface area contributed by atoms with Crippen LogP contribution in [0.2, 0.25) is 0 Å². The number of hydrogen-bond donors (Lipinski definition) is 0. The summed E-state index contributed by atoms with van der Waals surface area (Å²) in [6.45, 7) is -0.185. The number of halogens is 3. The minimum atomic E-state index is -4.36. The van der Waals surface area contributed by atoms with Gasteiger partial charge in [0.2, 0.25) is 0 Å². The Balaban J connectivity index is 1.89. The van der Waals surface area contributed by atoms with Crippen molar-refractivity contribution in [3.8, 4) is 0 Å². The molecule has 0 aromatic heterocycles. The predicted octanol–water partition coefficient (Wildman–Crippen LogP) is 4.67. The van der Waals surface area contributed by atoms with Crippen molar-refractivity contribution in [2.75, 3.05) is 0 Å². The van der Waals surface area contributed by atoms with Gasteiger partial charge in [-0.3, -0.25) is 0 Å². The van der Waals surface area contributed by atoms with Crippen molar-refractivity contribution in [2.45, 2.75) is 44.9 Å². The van der Waals surface area contributed by atoms with E-state index >= 15 is 0 Å². The van der Waals surface area contributed by atoms with Crippen LogP contribution in [0.15, 0.2) is 29.4 Å². The van der Waals surface area contributed by atoms with Crippen LogP contribution < -0.4 is 0 Å². The Morgan fingerprint density at radius 2 is 1.85 bits per heavy atom. The van der Waals surface area contributed by atoms with Crippen molar-refractivity contribution >= 4 is 6.21 Å². The van der Waals surface area contributed by atoms with Gasteiger partial charge in [-0.05, 0) is 18.9 Å². The molecule has 0 amide bonds. The molecule has 109 valence electrons. The summed E-state index contributed by atoms with van der Waals surface area (Å²) in [6, 6.07) is 5.37. The van der Waals surface area contributed by atoms with Gasteiger partial charge in [0, 0.05) is 11.5 Å². The van der Waals surface area contributed by atoms with Gasteiger partial charge in [-0.1, -0.05) is 42.6 Å². The maximum atomic E-state index is 12.7. The summed E-state index contributed by atoms with van der Waals surface area (Å²) in [5.74, 6) is 0.279. The lowest BCUT2D eigenvalue weighted by Gasteiger charge is -2.16. The van der Waals surface area contributed by atoms with Gasteiger partial charge in [0.25, 0.3) is 0 Å². The molecule has 0 bridgehead atoms. The molecule has 0 atom stereocenters. The molecule has 2 rings (SSSR count). The number of alkyl halides is 3. The van der Waals surface area contributed by atoms with Crippen LogP contribution >= 0.6 is 0 Å². The van der Waals surface area contributed by atoms with Gasteiger partial charge in [0.15, 0.2) is 0 Å². The van der Waals surface area contributed by atoms with Gasteiger partial charge >= 0.3 is 6.18 Å². The summed E-state index contributed by atoms with van der Waals surface area (Å²) in [7, 11) is 0. The van der Waals surface area contributed by atoms with Crippen LogP contribution in [-0.2, 0) is 17.6 Å². The first-order valence-corrected chi connectivity index (χ1v) is 6.80. The third kappa shape index (κ3) is 4.25. The van der Waals surface area contributed by atoms with E-state index in [-0.39, 0.29) is 18.1 Å². The van der Waals surface area contributed by atoms with Crippen molar-refractivity contribution in [3.05, 3.63) is 35.4 Å². The average molecular weight is 284 g/mol. The molecule has 1 radical (unpaired) electrons. The Hall–Kier alpha value is -1.52. The number of hydrogen-bond acceptors (Lipinski definition) is 2. The zero-order chi connectivity index (χ0) is 14.4. The van der Waals surface area contributed by atoms with Crippen LogP contribution in [0.1, 0.15) is 43.2 Å². The molecule has 1 aliphatic rings. The van der Waals surface area contributed by atoms with Crippen molar-refractivity contribution in [3.63, 3.8) is 0 Å². The third-order valence-corrected chi connectivity index (χ3v) is 3.45. The van der Waals surface area contributed by atoms with Crippen LogP contribution in [0.25, 0.3) is 0 Å². The summed E-state index contributed by atoms with van der Waals surface area (Å²) < 4.78 is 38.2. The topological polar surface area (TPSA) is 21.6 Å². The molecule has 1 aromatic carbocycles. The second-order valence-corrected chi connectivity index (χ2v) is 4.98. The third-order valence-electron chi connectivity index (χ3n) is 3.45. The van der Waals surface area contributed by atoms with Gasteiger partial charge < -0.3 is 4.84 Å². The Bertz CT molecular complexity index is 451. The fraction of sp³-hybridized carbons (Fsp3) is 0.533. The van der Waals surface area contributed by atoms with E-state index in [1.54, 1.807) is 6.07 Å². The highest BCUT2D eigenvalue weighted by Crippen LogP contribution is 2.32. The minimum Gasteiger partial charge on any atom is -0.391 e. The van der Waals surface area contributed by atoms with Gasteiger partial charge in [0.1, 0.15) is 12.8 Å². The normalized spacial score (nSPS) is 17.6. The van der Waals surface area contributed by atoms with E-state index in [1.807, 2.05) is 0 Å². The molecule has 1 aromatic rings. The molecule has 1 fully saturated rings. The Kier molecular flexibility index (Phi) is 5.04. The molecule has 2 nitrogen and oxygen atoms in total. The lowest BCUT2D eigenvalue weighted by atomic mass is 9.90. The average Bonchev–Trinajstić information content (AvgIpc) is 2.44. The smallest absolute Gasteiger partial charge is 0.391 e. The second-order valence-electron chi connectivity index (χ2n) is 4.98. The molecule has 1 saturated carbocycles. The van der Waals surface area contributed by atoms with E-state index in [0.29, 0.717) is 0 Å². The summed E-state index contributed by atoms with van der Waals surface area (Å²) in [5.41, 5.74) is -0.581. The van der Waals surface area contributed by atoms with Crippen LogP contribution in [0, 0.1) is 5.92 Å². The summed E-state index contributed by atoms with van der Waals surface area (Å²) >= 11 is 0. The Labute approximate surface area is 116 Å². The van der Waals surface area contributed by atoms with Crippen LogP contribution in [0.4, 0.5) is 13.2 Å². The largest absolute Gasteiger partial charge is 0.416 e. The number of benzene rings is 1. The molecule has 20 heavy (non-hydrogen) atoms. The molecule has 1 aliphatic carbocycles. The van der Waals surface area contributed by atoms with Crippen LogP contribution in [0.3, 0.4) is 0 Å². The van der Waals surface area contributed by atoms with Crippen molar-refractivity contribution in [1.29, 1.82) is 0 Å². The molecule has 0 unspecified atom stereocenters. The molecular formula is C15H17F3NO. The highest BCUT2D eigenvalue weighted by Gasteiger charge is 2.32. The molecule has 0 heterocycles. The zero-order valence-electron chi connectivity index (χ0n) is 11.1. The monoisotopic (exact) mass is 284 g/mol. The van der Waals surface area contributed by atoms with Crippen molar-refractivity contribution in [2.24, 2.45) is 11.1 Å². The Morgan fingerprint density at radius 1 is 1.15 bits per heavy atom. The van der Waals surface area contributed by atoms with Gasteiger partial charge in [-0.15, -0.1) is 0 Å². The molecule has 0 saturated heterocycles. The molecular weight excluding hydrogens is 267 g/mol. The van der Waals surface area contributed by atoms with E-state index in [9.17, 15) is 13.2 Å². The highest BCUT2D eigenvalue weighted by molar-refractivity contribution is 5.59. The van der Waals surface area contributed by atoms with E-state index in [0.717, 1.165) is 31.7 Å². The minimum absolute atomic E-state index is 0.0918. The summed E-state index contributed by atoms with van der Waals surface area (Å²) in [4.78, 5) is 4.97. The summed E-state index contributed by atoms with van der Waals surface area (Å²) in [5, 5.41) is 3.70. The first kappa shape index (κ1) is 14.9. The van der Waals surface area contributed by atoms with Gasteiger partial charge in [-0.2, -0.15) is 13.2 Å². The molecule has 5 heteroatoms. The summed E-state index contributed by atoms with van der Waals surface area (Å²) in [6.07, 6.45) is 4.12. The second kappa shape index (κ2) is 6.77. The lowest BCUT2D eigenvalue weighted by Crippen LogP contribution is -2.10. The molecule has 0 spiro atoms. The molecule has 0 aliphatic heterocycles. The molecule has 0 N–H and O–H groups in total. The van der Waals surface area contributed by atoms with Crippen LogP contribution in [-0.4, -0.2) is 6.21 Å². The van der Waals surface area contributed by atoms with E-state index in [4.69, 9.17) is 4.84 Å². The SMILES string of the molecule is FC(F)(F)c1ccccc1CO/N=[C]\C1CCCCC1. The zero-order valence-corrected chi connectivity index (χ0v) is 11.1. The van der Waals surface area contributed by atoms with Gasteiger partial charge in [0.05, 0.1) is 5.56 Å². The first-order valence-electron chi connectivity index (χ1n) is 6.80. The predicted molar refractivity (Wildman–Crippen MR) is 70.2 cm³/mol. The maximum absolute atomic E-state index is 12.7. The lowest BCUT2D eigenvalue weighted by molar-refractivity contribution is -0.138. The van der Waals surface area contributed by atoms with Crippen molar-refractivity contribution < 1.29 is 18.0 Å². The number of rotatable bonds is 4. The highest BCUT2D eigenvalue weighted by atomic mass is 19.4. The van der Waals surface area contributed by atoms with E-state index < -0.39 is 11.7 Å². The van der Waals surface area contributed by atoms with Crippen molar-refractivity contribution in [1.82, 2.24) is 0 Å². The van der Waals surface area contributed by atoms with E-state index in [2.05, 4.69) is 11.4 Å². The maximum Gasteiger partial charge on any atom is 0.416 e. The Morgan fingerprint density at radius 3 is 2.55 bits per heavy atom. The quantitative estimate of drug-likeness (QED) is 0.582. The van der Waals surface area contributed by atoms with E-state index in [1.165, 1.54) is 18.6 Å².